The molecule has 3 heteroatoms. The molecule has 1 nitrogen and oxygen atoms in total. The molecule has 48 valence electrons. The molecule has 0 aliphatic heterocycles. The molecule has 0 saturated heterocycles. The third-order valence-electron chi connectivity index (χ3n) is 0.390. The van der Waals surface area contributed by atoms with Gasteiger partial charge >= 0.3 is 0 Å². The smallest absolute Gasteiger partial charge is 0.0983 e. The van der Waals surface area contributed by atoms with Crippen LogP contribution in [0.5, 0.6) is 0 Å². The maximum absolute atomic E-state index is 4.98. The number of ether oxygens (including phenoxy) is 1. The molecule has 0 fully saturated rings. The van der Waals surface area contributed by atoms with Crippen molar-refractivity contribution in [2.45, 2.75) is 26.4 Å². The zero-order valence-corrected chi connectivity index (χ0v) is 6.86. The first-order valence-corrected chi connectivity index (χ1v) is 3.13. The van der Waals surface area contributed by atoms with Crippen LogP contribution in [0.25, 0.3) is 0 Å². The zero-order valence-electron chi connectivity index (χ0n) is 5.22. The Labute approximate surface area is 60.8 Å². The second-order valence-electron chi connectivity index (χ2n) is 2.46. The lowest BCUT2D eigenvalue weighted by atomic mass is 10.2. The van der Waals surface area contributed by atoms with Crippen molar-refractivity contribution < 1.29 is 4.74 Å². The second-order valence-corrected chi connectivity index (χ2v) is 3.46. The third kappa shape index (κ3) is 6.11. The van der Waals surface area contributed by atoms with Crippen LogP contribution in [0.1, 0.15) is 20.8 Å². The van der Waals surface area contributed by atoms with Crippen molar-refractivity contribution in [3.8, 4) is 0 Å². The Hall–Kier alpha value is 0.110. The average molecular weight is 149 g/mol. The van der Waals surface area contributed by atoms with Gasteiger partial charge in [0.05, 0.1) is 5.60 Å². The molecule has 0 radical (unpaired) electrons. The number of rotatable bonds is 0. The molecule has 0 saturated carbocycles. The molecule has 0 heterocycles. The Balaban J connectivity index is 3.55. The monoisotopic (exact) mass is 149 g/mol. The molecule has 0 aromatic heterocycles. The summed E-state index contributed by atoms with van der Waals surface area (Å²) in [6, 6.07) is 0. The summed E-state index contributed by atoms with van der Waals surface area (Å²) in [6.07, 6.45) is 0. The standard InChI is InChI=1S/C5H10OS2/c1-5(2,3)6-4(7)8/h1-3H3,(H,7,8)/p-1. The molecule has 0 unspecified atom stereocenters. The van der Waals surface area contributed by atoms with Crippen LogP contribution in [0.15, 0.2) is 0 Å². The maximum atomic E-state index is 4.98. The van der Waals surface area contributed by atoms with Crippen molar-refractivity contribution in [2.24, 2.45) is 0 Å². The Kier molecular flexibility index (Phi) is 2.63. The molecule has 0 N–H and O–H groups in total. The minimum absolute atomic E-state index is 0.192. The van der Waals surface area contributed by atoms with Crippen molar-refractivity contribution in [3.05, 3.63) is 0 Å². The van der Waals surface area contributed by atoms with Crippen LogP contribution < -0.4 is 0 Å². The molecule has 0 aromatic rings. The molecule has 0 rings (SSSR count). The van der Waals surface area contributed by atoms with Crippen molar-refractivity contribution in [3.63, 3.8) is 0 Å². The summed E-state index contributed by atoms with van der Waals surface area (Å²) in [6.45, 7) is 5.72. The van der Waals surface area contributed by atoms with Crippen LogP contribution in [-0.2, 0) is 17.4 Å². The van der Waals surface area contributed by atoms with E-state index in [0.717, 1.165) is 0 Å². The van der Waals surface area contributed by atoms with Gasteiger partial charge < -0.3 is 29.6 Å². The van der Waals surface area contributed by atoms with E-state index in [2.05, 4.69) is 24.8 Å². The molecule has 0 bridgehead atoms. The second kappa shape index (κ2) is 2.60. The van der Waals surface area contributed by atoms with E-state index in [1.807, 2.05) is 20.8 Å². The number of hydrogen-bond acceptors (Lipinski definition) is 3. The van der Waals surface area contributed by atoms with E-state index in [4.69, 9.17) is 4.74 Å². The van der Waals surface area contributed by atoms with Gasteiger partial charge in [-0.1, -0.05) is 0 Å². The summed E-state index contributed by atoms with van der Waals surface area (Å²) in [5.41, 5.74) is -0.223. The first kappa shape index (κ1) is 8.11. The highest BCUT2D eigenvalue weighted by Gasteiger charge is 2.07. The van der Waals surface area contributed by atoms with Crippen LogP contribution in [0.4, 0.5) is 0 Å². The van der Waals surface area contributed by atoms with Gasteiger partial charge in [-0.3, -0.25) is 0 Å². The van der Waals surface area contributed by atoms with Gasteiger partial charge in [-0.25, -0.2) is 0 Å². The van der Waals surface area contributed by atoms with E-state index in [1.165, 1.54) is 0 Å². The van der Waals surface area contributed by atoms with Crippen molar-refractivity contribution >= 4 is 29.2 Å². The quantitative estimate of drug-likeness (QED) is 0.383. The van der Waals surface area contributed by atoms with Crippen LogP contribution >= 0.6 is 12.2 Å². The Morgan fingerprint density at radius 2 is 1.88 bits per heavy atom. The van der Waals surface area contributed by atoms with Gasteiger partial charge in [0, 0.05) is 4.38 Å². The fourth-order valence-corrected chi connectivity index (χ4v) is 0.750. The lowest BCUT2D eigenvalue weighted by Crippen LogP contribution is -2.21. The molecule has 0 aliphatic carbocycles. The first-order valence-electron chi connectivity index (χ1n) is 2.32. The van der Waals surface area contributed by atoms with Gasteiger partial charge in [0.25, 0.3) is 0 Å². The minimum Gasteiger partial charge on any atom is -0.508 e. The predicted molar refractivity (Wildman–Crippen MR) is 40.8 cm³/mol. The highest BCUT2D eigenvalue weighted by molar-refractivity contribution is 7.99. The van der Waals surface area contributed by atoms with Gasteiger partial charge in [-0.2, -0.15) is 0 Å². The number of thiocarbonyl (C=S) groups is 1. The molecule has 0 aromatic carbocycles. The molecule has 8 heavy (non-hydrogen) atoms. The van der Waals surface area contributed by atoms with Gasteiger partial charge in [-0.05, 0) is 20.8 Å². The SMILES string of the molecule is CC(C)(C)OC(=S)[S-]. The molecule has 0 spiro atoms. The van der Waals surface area contributed by atoms with E-state index in [9.17, 15) is 0 Å². The van der Waals surface area contributed by atoms with Gasteiger partial charge in [-0.15, -0.1) is 0 Å². The summed E-state index contributed by atoms with van der Waals surface area (Å²) in [5.74, 6) is 0. The van der Waals surface area contributed by atoms with Gasteiger partial charge in [0.2, 0.25) is 0 Å². The lowest BCUT2D eigenvalue weighted by Gasteiger charge is -2.23. The van der Waals surface area contributed by atoms with Crippen molar-refractivity contribution in [1.82, 2.24) is 0 Å². The Morgan fingerprint density at radius 3 is 1.88 bits per heavy atom. The largest absolute Gasteiger partial charge is 0.508 e. The Bertz CT molecular complexity index is 93.1. The Morgan fingerprint density at radius 1 is 1.50 bits per heavy atom. The van der Waals surface area contributed by atoms with Crippen LogP contribution in [0, 0.1) is 0 Å². The molecule has 0 atom stereocenters. The maximum Gasteiger partial charge on any atom is 0.0983 e. The van der Waals surface area contributed by atoms with Crippen LogP contribution in [0.2, 0.25) is 0 Å². The van der Waals surface area contributed by atoms with E-state index in [0.29, 0.717) is 0 Å². The highest BCUT2D eigenvalue weighted by atomic mass is 32.1. The van der Waals surface area contributed by atoms with Gasteiger partial charge in [0.1, 0.15) is 0 Å². The molecular formula is C5H9OS2-. The molecule has 0 amide bonds. The normalized spacial score (nSPS) is 10.9. The fraction of sp³-hybridized carbons (Fsp3) is 0.800. The molecule has 0 aliphatic rings. The summed E-state index contributed by atoms with van der Waals surface area (Å²) in [7, 11) is 0. The van der Waals surface area contributed by atoms with E-state index in [-0.39, 0.29) is 9.98 Å². The molecular weight excluding hydrogens is 140 g/mol. The van der Waals surface area contributed by atoms with Crippen LogP contribution in [0.3, 0.4) is 0 Å². The summed E-state index contributed by atoms with van der Waals surface area (Å²) >= 11 is 9.07. The average Bonchev–Trinajstić information content (AvgIpc) is 1.21. The fourth-order valence-electron chi connectivity index (χ4n) is 0.250. The topological polar surface area (TPSA) is 9.23 Å². The van der Waals surface area contributed by atoms with Crippen molar-refractivity contribution in [1.29, 1.82) is 0 Å². The third-order valence-corrected chi connectivity index (χ3v) is 0.556. The van der Waals surface area contributed by atoms with Crippen LogP contribution in [-0.4, -0.2) is 9.98 Å². The first-order chi connectivity index (χ1) is 3.42. The van der Waals surface area contributed by atoms with E-state index in [1.54, 1.807) is 0 Å². The summed E-state index contributed by atoms with van der Waals surface area (Å²) in [5, 5.41) is 0. The minimum atomic E-state index is -0.223. The van der Waals surface area contributed by atoms with E-state index >= 15 is 0 Å². The van der Waals surface area contributed by atoms with Gasteiger partial charge in [0.15, 0.2) is 0 Å². The number of hydrogen-bond donors (Lipinski definition) is 0. The zero-order chi connectivity index (χ0) is 6.78. The predicted octanol–water partition coefficient (Wildman–Crippen LogP) is 1.63. The summed E-state index contributed by atoms with van der Waals surface area (Å²) < 4.78 is 5.18. The summed E-state index contributed by atoms with van der Waals surface area (Å²) in [4.78, 5) is 0. The van der Waals surface area contributed by atoms with E-state index < -0.39 is 0 Å². The highest BCUT2D eigenvalue weighted by Crippen LogP contribution is 2.06. The van der Waals surface area contributed by atoms with Crippen molar-refractivity contribution in [2.75, 3.05) is 0 Å². The lowest BCUT2D eigenvalue weighted by molar-refractivity contribution is 0.128.